The second-order valence-electron chi connectivity index (χ2n) is 6.97. The zero-order valence-corrected chi connectivity index (χ0v) is 15.8. The lowest BCUT2D eigenvalue weighted by Gasteiger charge is -2.19. The number of nitrogens with one attached hydrogen (secondary N) is 2. The van der Waals surface area contributed by atoms with Gasteiger partial charge in [0.15, 0.2) is 0 Å². The van der Waals surface area contributed by atoms with Crippen LogP contribution >= 0.6 is 0 Å². The lowest BCUT2D eigenvalue weighted by Crippen LogP contribution is -2.33. The standard InChI is InChI=1S/C19H24N2O3S/c1-14-7-5-6-8-17(14)25(23,24)20-13-18(22)21-16-11-9-15(10-12-16)19(2,3)4/h5-12,20H,13H2,1-4H3,(H,21,22). The van der Waals surface area contributed by atoms with Gasteiger partial charge in [-0.05, 0) is 41.7 Å². The quantitative estimate of drug-likeness (QED) is 0.860. The van der Waals surface area contributed by atoms with Crippen LogP contribution in [-0.2, 0) is 20.2 Å². The number of rotatable bonds is 5. The van der Waals surface area contributed by atoms with E-state index >= 15 is 0 Å². The van der Waals surface area contributed by atoms with Crippen molar-refractivity contribution in [3.05, 3.63) is 59.7 Å². The molecule has 0 aromatic heterocycles. The van der Waals surface area contributed by atoms with Gasteiger partial charge in [0.05, 0.1) is 11.4 Å². The Morgan fingerprint density at radius 2 is 1.60 bits per heavy atom. The average Bonchev–Trinajstić information content (AvgIpc) is 2.53. The minimum Gasteiger partial charge on any atom is -0.325 e. The van der Waals surface area contributed by atoms with Crippen molar-refractivity contribution >= 4 is 21.6 Å². The molecule has 0 bridgehead atoms. The van der Waals surface area contributed by atoms with Crippen LogP contribution in [0, 0.1) is 6.92 Å². The predicted molar refractivity (Wildman–Crippen MR) is 100 cm³/mol. The summed E-state index contributed by atoms with van der Waals surface area (Å²) >= 11 is 0. The summed E-state index contributed by atoms with van der Waals surface area (Å²) in [5, 5.41) is 2.69. The molecule has 0 heterocycles. The van der Waals surface area contributed by atoms with Crippen LogP contribution in [0.15, 0.2) is 53.4 Å². The second-order valence-corrected chi connectivity index (χ2v) is 8.70. The molecule has 0 spiro atoms. The Hall–Kier alpha value is -2.18. The van der Waals surface area contributed by atoms with E-state index in [0.29, 0.717) is 11.3 Å². The minimum atomic E-state index is -3.72. The number of hydrogen-bond donors (Lipinski definition) is 2. The van der Waals surface area contributed by atoms with Crippen molar-refractivity contribution in [2.24, 2.45) is 0 Å². The van der Waals surface area contributed by atoms with Crippen LogP contribution in [0.1, 0.15) is 31.9 Å². The largest absolute Gasteiger partial charge is 0.325 e. The van der Waals surface area contributed by atoms with Crippen LogP contribution in [0.4, 0.5) is 5.69 Å². The number of sulfonamides is 1. The summed E-state index contributed by atoms with van der Waals surface area (Å²) in [5.74, 6) is -0.416. The van der Waals surface area contributed by atoms with Crippen molar-refractivity contribution in [2.45, 2.75) is 38.0 Å². The lowest BCUT2D eigenvalue weighted by molar-refractivity contribution is -0.115. The van der Waals surface area contributed by atoms with Crippen molar-refractivity contribution < 1.29 is 13.2 Å². The van der Waals surface area contributed by atoms with Gasteiger partial charge >= 0.3 is 0 Å². The Kier molecular flexibility index (Phi) is 5.65. The van der Waals surface area contributed by atoms with Gasteiger partial charge in [0, 0.05) is 5.69 Å². The molecule has 0 saturated heterocycles. The van der Waals surface area contributed by atoms with Crippen molar-refractivity contribution in [3.63, 3.8) is 0 Å². The van der Waals surface area contributed by atoms with Crippen LogP contribution in [-0.4, -0.2) is 20.9 Å². The Morgan fingerprint density at radius 3 is 2.16 bits per heavy atom. The first-order valence-electron chi connectivity index (χ1n) is 8.05. The summed E-state index contributed by atoms with van der Waals surface area (Å²) < 4.78 is 26.9. The molecule has 0 aliphatic carbocycles. The van der Waals surface area contributed by atoms with Crippen LogP contribution in [0.3, 0.4) is 0 Å². The van der Waals surface area contributed by atoms with Crippen molar-refractivity contribution in [1.29, 1.82) is 0 Å². The molecule has 0 atom stereocenters. The molecule has 2 N–H and O–H groups in total. The van der Waals surface area contributed by atoms with Gasteiger partial charge < -0.3 is 5.32 Å². The fraction of sp³-hybridized carbons (Fsp3) is 0.316. The first-order valence-corrected chi connectivity index (χ1v) is 9.53. The van der Waals surface area contributed by atoms with E-state index < -0.39 is 15.9 Å². The smallest absolute Gasteiger partial charge is 0.241 e. The molecule has 1 amide bonds. The average molecular weight is 360 g/mol. The number of anilines is 1. The maximum Gasteiger partial charge on any atom is 0.241 e. The van der Waals surface area contributed by atoms with Crippen molar-refractivity contribution in [1.82, 2.24) is 4.72 Å². The van der Waals surface area contributed by atoms with E-state index in [1.54, 1.807) is 25.1 Å². The molecule has 0 saturated carbocycles. The van der Waals surface area contributed by atoms with Gasteiger partial charge in [-0.25, -0.2) is 13.1 Å². The van der Waals surface area contributed by atoms with Crippen molar-refractivity contribution in [3.8, 4) is 0 Å². The first kappa shape index (κ1) is 19.1. The molecule has 0 unspecified atom stereocenters. The highest BCUT2D eigenvalue weighted by Gasteiger charge is 2.17. The zero-order chi connectivity index (χ0) is 18.7. The molecular weight excluding hydrogens is 336 g/mol. The Balaban J connectivity index is 1.98. The third-order valence-electron chi connectivity index (χ3n) is 3.84. The van der Waals surface area contributed by atoms with Gasteiger partial charge in [-0.1, -0.05) is 51.1 Å². The van der Waals surface area contributed by atoms with E-state index in [4.69, 9.17) is 0 Å². The predicted octanol–water partition coefficient (Wildman–Crippen LogP) is 3.21. The zero-order valence-electron chi connectivity index (χ0n) is 15.0. The highest BCUT2D eigenvalue weighted by Crippen LogP contribution is 2.23. The second kappa shape index (κ2) is 7.37. The topological polar surface area (TPSA) is 75.3 Å². The Bertz CT molecular complexity index is 851. The van der Waals surface area contributed by atoms with E-state index in [1.165, 1.54) is 6.07 Å². The van der Waals surface area contributed by atoms with Crippen LogP contribution in [0.5, 0.6) is 0 Å². The molecule has 25 heavy (non-hydrogen) atoms. The number of carbonyl (C=O) groups excluding carboxylic acids is 1. The molecule has 0 radical (unpaired) electrons. The lowest BCUT2D eigenvalue weighted by atomic mass is 9.87. The summed E-state index contributed by atoms with van der Waals surface area (Å²) in [7, 11) is -3.72. The molecule has 134 valence electrons. The molecule has 2 aromatic carbocycles. The maximum atomic E-state index is 12.3. The fourth-order valence-electron chi connectivity index (χ4n) is 2.35. The van der Waals surface area contributed by atoms with Crippen LogP contribution < -0.4 is 10.0 Å². The number of carbonyl (C=O) groups is 1. The minimum absolute atomic E-state index is 0.0334. The number of aryl methyl sites for hydroxylation is 1. The van der Waals surface area contributed by atoms with E-state index in [2.05, 4.69) is 30.8 Å². The third-order valence-corrected chi connectivity index (χ3v) is 5.40. The van der Waals surface area contributed by atoms with Gasteiger partial charge in [-0.2, -0.15) is 0 Å². The van der Waals surface area contributed by atoms with Crippen LogP contribution in [0.2, 0.25) is 0 Å². The molecule has 6 heteroatoms. The first-order chi connectivity index (χ1) is 11.6. The van der Waals surface area contributed by atoms with Crippen molar-refractivity contribution in [2.75, 3.05) is 11.9 Å². The van der Waals surface area contributed by atoms with E-state index in [-0.39, 0.29) is 16.9 Å². The summed E-state index contributed by atoms with van der Waals surface area (Å²) in [6.45, 7) is 7.73. The monoisotopic (exact) mass is 360 g/mol. The molecule has 0 aliphatic rings. The van der Waals surface area contributed by atoms with Gasteiger partial charge in [-0.3, -0.25) is 4.79 Å². The number of amides is 1. The van der Waals surface area contributed by atoms with Gasteiger partial charge in [0.25, 0.3) is 0 Å². The van der Waals surface area contributed by atoms with E-state index in [0.717, 1.165) is 5.56 Å². The van der Waals surface area contributed by atoms with E-state index in [1.807, 2.05) is 24.3 Å². The van der Waals surface area contributed by atoms with Gasteiger partial charge in [-0.15, -0.1) is 0 Å². The molecule has 2 rings (SSSR count). The third kappa shape index (κ3) is 5.14. The highest BCUT2D eigenvalue weighted by molar-refractivity contribution is 7.89. The van der Waals surface area contributed by atoms with Crippen LogP contribution in [0.25, 0.3) is 0 Å². The Morgan fingerprint density at radius 1 is 1.00 bits per heavy atom. The highest BCUT2D eigenvalue weighted by atomic mass is 32.2. The summed E-state index contributed by atoms with van der Waals surface area (Å²) in [5.41, 5.74) is 2.46. The Labute approximate surface area is 149 Å². The maximum absolute atomic E-state index is 12.3. The molecule has 5 nitrogen and oxygen atoms in total. The molecule has 0 fully saturated rings. The summed E-state index contributed by atoms with van der Waals surface area (Å²) in [4.78, 5) is 12.2. The molecular formula is C19H24N2O3S. The van der Waals surface area contributed by atoms with E-state index in [9.17, 15) is 13.2 Å². The summed E-state index contributed by atoms with van der Waals surface area (Å²) in [6.07, 6.45) is 0. The van der Waals surface area contributed by atoms with Gasteiger partial charge in [0.1, 0.15) is 0 Å². The normalized spacial score (nSPS) is 12.0. The molecule has 2 aromatic rings. The SMILES string of the molecule is Cc1ccccc1S(=O)(=O)NCC(=O)Nc1ccc(C(C)(C)C)cc1. The fourth-order valence-corrected chi connectivity index (χ4v) is 3.58. The number of hydrogen-bond acceptors (Lipinski definition) is 3. The number of benzene rings is 2. The van der Waals surface area contributed by atoms with Gasteiger partial charge in [0.2, 0.25) is 15.9 Å². The summed E-state index contributed by atoms with van der Waals surface area (Å²) in [6, 6.07) is 14.2. The molecule has 0 aliphatic heterocycles.